The van der Waals surface area contributed by atoms with Gasteiger partial charge in [-0.15, -0.1) is 0 Å². The molecule has 0 spiro atoms. The molecule has 4 rings (SSSR count). The maximum absolute atomic E-state index is 13.2. The molecule has 30 heavy (non-hydrogen) atoms. The quantitative estimate of drug-likeness (QED) is 0.629. The highest BCUT2D eigenvalue weighted by molar-refractivity contribution is 6.36. The lowest BCUT2D eigenvalue weighted by molar-refractivity contribution is -0.137. The summed E-state index contributed by atoms with van der Waals surface area (Å²) >= 11 is 6.04. The van der Waals surface area contributed by atoms with Gasteiger partial charge in [0.1, 0.15) is 5.70 Å². The lowest BCUT2D eigenvalue weighted by Crippen LogP contribution is -2.39. The molecule has 2 aliphatic rings. The predicted molar refractivity (Wildman–Crippen MR) is 120 cm³/mol. The second-order valence-corrected chi connectivity index (χ2v) is 8.55. The summed E-state index contributed by atoms with van der Waals surface area (Å²) in [6.07, 6.45) is 3.84. The molecule has 2 aromatic rings. The van der Waals surface area contributed by atoms with Crippen LogP contribution in [0.5, 0.6) is 0 Å². The lowest BCUT2D eigenvalue weighted by Gasteiger charge is -2.34. The molecule has 5 heteroatoms. The van der Waals surface area contributed by atoms with Crippen molar-refractivity contribution in [2.75, 3.05) is 19.6 Å². The molecular formula is C25H27ClN2O2. The van der Waals surface area contributed by atoms with Gasteiger partial charge in [0.15, 0.2) is 0 Å². The molecule has 2 aliphatic heterocycles. The minimum absolute atomic E-state index is 0.159. The normalized spacial score (nSPS) is 17.9. The van der Waals surface area contributed by atoms with Crippen LogP contribution in [0.25, 0.3) is 5.57 Å². The highest BCUT2D eigenvalue weighted by Gasteiger charge is 2.41. The van der Waals surface area contributed by atoms with E-state index >= 15 is 0 Å². The van der Waals surface area contributed by atoms with Crippen LogP contribution in [0.1, 0.15) is 37.3 Å². The molecule has 1 saturated heterocycles. The van der Waals surface area contributed by atoms with Crippen molar-refractivity contribution in [3.05, 3.63) is 76.4 Å². The van der Waals surface area contributed by atoms with Crippen LogP contribution in [0.2, 0.25) is 5.02 Å². The van der Waals surface area contributed by atoms with E-state index in [1.165, 1.54) is 10.5 Å². The molecule has 0 aromatic heterocycles. The first-order valence-corrected chi connectivity index (χ1v) is 11.1. The molecule has 4 nitrogen and oxygen atoms in total. The Balaban J connectivity index is 1.57. The Morgan fingerprint density at radius 2 is 1.60 bits per heavy atom. The third-order valence-corrected chi connectivity index (χ3v) is 6.27. The Hall–Kier alpha value is -2.59. The van der Waals surface area contributed by atoms with Crippen LogP contribution in [0.4, 0.5) is 0 Å². The van der Waals surface area contributed by atoms with Gasteiger partial charge in [0.25, 0.3) is 11.8 Å². The van der Waals surface area contributed by atoms with Crippen molar-refractivity contribution in [1.82, 2.24) is 9.80 Å². The fourth-order valence-electron chi connectivity index (χ4n) is 4.47. The van der Waals surface area contributed by atoms with Crippen molar-refractivity contribution in [2.45, 2.75) is 32.6 Å². The van der Waals surface area contributed by atoms with Crippen LogP contribution in [-0.4, -0.2) is 41.2 Å². The number of amides is 2. The van der Waals surface area contributed by atoms with E-state index in [4.69, 9.17) is 11.6 Å². The van der Waals surface area contributed by atoms with Crippen LogP contribution in [0.3, 0.4) is 0 Å². The minimum atomic E-state index is -0.189. The van der Waals surface area contributed by atoms with Crippen LogP contribution in [0.15, 0.2) is 60.3 Å². The lowest BCUT2D eigenvalue weighted by atomic mass is 9.89. The maximum Gasteiger partial charge on any atom is 0.277 e. The van der Waals surface area contributed by atoms with Gasteiger partial charge in [-0.1, -0.05) is 61.0 Å². The maximum atomic E-state index is 13.2. The van der Waals surface area contributed by atoms with E-state index in [0.29, 0.717) is 28.8 Å². The topological polar surface area (TPSA) is 40.6 Å². The van der Waals surface area contributed by atoms with Gasteiger partial charge in [0, 0.05) is 24.7 Å². The van der Waals surface area contributed by atoms with E-state index in [2.05, 4.69) is 29.2 Å². The van der Waals surface area contributed by atoms with E-state index in [0.717, 1.165) is 44.3 Å². The summed E-state index contributed by atoms with van der Waals surface area (Å²) in [5, 5.41) is 0.616. The molecule has 2 heterocycles. The standard InChI is InChI=1S/C25H27ClN2O2/c1-2-14-28-24(29)22(20-8-10-21(26)11-9-20)23(25(28)30)27-15-12-19(13-16-27)17-18-6-4-3-5-7-18/h3-11,19H,2,12-17H2,1H3. The first-order valence-electron chi connectivity index (χ1n) is 10.7. The molecule has 2 amide bonds. The fraction of sp³-hybridized carbons (Fsp3) is 0.360. The smallest absolute Gasteiger partial charge is 0.277 e. The number of imide groups is 1. The molecule has 2 aromatic carbocycles. The Bertz CT molecular complexity index is 945. The van der Waals surface area contributed by atoms with E-state index in [1.807, 2.05) is 25.1 Å². The van der Waals surface area contributed by atoms with Gasteiger partial charge in [-0.05, 0) is 54.9 Å². The number of halogens is 1. The summed E-state index contributed by atoms with van der Waals surface area (Å²) in [6, 6.07) is 17.8. The molecule has 0 saturated carbocycles. The number of piperidine rings is 1. The number of hydrogen-bond acceptors (Lipinski definition) is 3. The highest BCUT2D eigenvalue weighted by Crippen LogP contribution is 2.34. The monoisotopic (exact) mass is 422 g/mol. The zero-order chi connectivity index (χ0) is 21.1. The number of nitrogens with zero attached hydrogens (tertiary/aromatic N) is 2. The summed E-state index contributed by atoms with van der Waals surface area (Å²) in [5.41, 5.74) is 3.21. The Morgan fingerprint density at radius 1 is 0.933 bits per heavy atom. The molecule has 0 unspecified atom stereocenters. The zero-order valence-electron chi connectivity index (χ0n) is 17.3. The molecule has 0 atom stereocenters. The number of carbonyl (C=O) groups is 2. The molecule has 0 aliphatic carbocycles. The van der Waals surface area contributed by atoms with Gasteiger partial charge >= 0.3 is 0 Å². The average Bonchev–Trinajstić information content (AvgIpc) is 3.01. The van der Waals surface area contributed by atoms with Crippen LogP contribution < -0.4 is 0 Å². The second kappa shape index (κ2) is 9.05. The van der Waals surface area contributed by atoms with Crippen molar-refractivity contribution >= 4 is 29.0 Å². The number of rotatable bonds is 6. The Morgan fingerprint density at radius 3 is 2.23 bits per heavy atom. The van der Waals surface area contributed by atoms with Crippen molar-refractivity contribution in [1.29, 1.82) is 0 Å². The zero-order valence-corrected chi connectivity index (χ0v) is 18.1. The second-order valence-electron chi connectivity index (χ2n) is 8.11. The van der Waals surface area contributed by atoms with Gasteiger partial charge in [-0.3, -0.25) is 14.5 Å². The summed E-state index contributed by atoms with van der Waals surface area (Å²) in [6.45, 7) is 4.02. The van der Waals surface area contributed by atoms with Crippen molar-refractivity contribution in [3.8, 4) is 0 Å². The first kappa shape index (κ1) is 20.7. The largest absolute Gasteiger partial charge is 0.366 e. The third kappa shape index (κ3) is 4.15. The summed E-state index contributed by atoms with van der Waals surface area (Å²) in [7, 11) is 0. The van der Waals surface area contributed by atoms with Crippen LogP contribution in [-0.2, 0) is 16.0 Å². The first-order chi connectivity index (χ1) is 14.6. The molecule has 0 radical (unpaired) electrons. The van der Waals surface area contributed by atoms with Gasteiger partial charge in [0.2, 0.25) is 0 Å². The molecule has 156 valence electrons. The third-order valence-electron chi connectivity index (χ3n) is 6.02. The van der Waals surface area contributed by atoms with Crippen LogP contribution in [0, 0.1) is 5.92 Å². The number of carbonyl (C=O) groups excluding carboxylic acids is 2. The molecule has 1 fully saturated rings. The molecule has 0 N–H and O–H groups in total. The SMILES string of the molecule is CCCN1C(=O)C(c2ccc(Cl)cc2)=C(N2CCC(Cc3ccccc3)CC2)C1=O. The summed E-state index contributed by atoms with van der Waals surface area (Å²) in [5.74, 6) is 0.251. The Kier molecular flexibility index (Phi) is 6.24. The van der Waals surface area contributed by atoms with Gasteiger partial charge < -0.3 is 4.90 Å². The van der Waals surface area contributed by atoms with Crippen molar-refractivity contribution in [2.24, 2.45) is 5.92 Å². The van der Waals surface area contributed by atoms with Gasteiger partial charge in [0.05, 0.1) is 5.57 Å². The minimum Gasteiger partial charge on any atom is -0.366 e. The summed E-state index contributed by atoms with van der Waals surface area (Å²) in [4.78, 5) is 29.9. The van der Waals surface area contributed by atoms with Crippen molar-refractivity contribution < 1.29 is 9.59 Å². The molecule has 0 bridgehead atoms. The van der Waals surface area contributed by atoms with E-state index in [-0.39, 0.29) is 11.8 Å². The molecular weight excluding hydrogens is 396 g/mol. The summed E-state index contributed by atoms with van der Waals surface area (Å²) < 4.78 is 0. The van der Waals surface area contributed by atoms with Crippen molar-refractivity contribution in [3.63, 3.8) is 0 Å². The van der Waals surface area contributed by atoms with E-state index < -0.39 is 0 Å². The average molecular weight is 423 g/mol. The van der Waals surface area contributed by atoms with Crippen LogP contribution >= 0.6 is 11.6 Å². The number of hydrogen-bond donors (Lipinski definition) is 0. The predicted octanol–water partition coefficient (Wildman–Crippen LogP) is 4.78. The number of benzene rings is 2. The Labute approximate surface area is 183 Å². The van der Waals surface area contributed by atoms with Gasteiger partial charge in [-0.2, -0.15) is 0 Å². The van der Waals surface area contributed by atoms with Gasteiger partial charge in [-0.25, -0.2) is 0 Å². The highest BCUT2D eigenvalue weighted by atomic mass is 35.5. The van der Waals surface area contributed by atoms with E-state index in [1.54, 1.807) is 12.1 Å². The van der Waals surface area contributed by atoms with E-state index in [9.17, 15) is 9.59 Å². The number of likely N-dealkylation sites (tertiary alicyclic amines) is 1. The fourth-order valence-corrected chi connectivity index (χ4v) is 4.59.